The number of benzene rings is 1. The Kier molecular flexibility index (Phi) is 9.23. The van der Waals surface area contributed by atoms with Crippen LogP contribution in [0.1, 0.15) is 5.56 Å². The number of hydrogen-bond acceptors (Lipinski definition) is 14. The summed E-state index contributed by atoms with van der Waals surface area (Å²) in [5, 5.41) is 79.6. The maximum Gasteiger partial charge on any atom is 0.330 e. The second-order valence-corrected chi connectivity index (χ2v) is 8.27. The molecule has 3 rings (SSSR count). The molecule has 2 aliphatic rings. The van der Waals surface area contributed by atoms with Gasteiger partial charge in [0.1, 0.15) is 55.9 Å². The van der Waals surface area contributed by atoms with Gasteiger partial charge in [-0.15, -0.1) is 0 Å². The molecule has 0 spiro atoms. The predicted molar refractivity (Wildman–Crippen MR) is 116 cm³/mol. The van der Waals surface area contributed by atoms with Crippen LogP contribution in [0.2, 0.25) is 0 Å². The highest BCUT2D eigenvalue weighted by Crippen LogP contribution is 2.36. The van der Waals surface area contributed by atoms with Crippen molar-refractivity contribution in [1.29, 1.82) is 0 Å². The van der Waals surface area contributed by atoms with Crippen LogP contribution in [0.15, 0.2) is 24.3 Å². The van der Waals surface area contributed by atoms with Crippen molar-refractivity contribution in [2.45, 2.75) is 54.8 Å². The van der Waals surface area contributed by atoms with Crippen LogP contribution in [-0.4, -0.2) is 129 Å². The first kappa shape index (κ1) is 28.2. The first-order valence-electron chi connectivity index (χ1n) is 10.9. The summed E-state index contributed by atoms with van der Waals surface area (Å²) >= 11 is 0. The molecule has 2 saturated heterocycles. The summed E-state index contributed by atoms with van der Waals surface area (Å²) in [6, 6.07) is 4.37. The van der Waals surface area contributed by atoms with Gasteiger partial charge in [-0.2, -0.15) is 0 Å². The number of phenols is 1. The largest absolute Gasteiger partial charge is 0.504 e. The van der Waals surface area contributed by atoms with E-state index in [1.54, 1.807) is 0 Å². The Bertz CT molecular complexity index is 922. The summed E-state index contributed by atoms with van der Waals surface area (Å²) < 4.78 is 26.0. The van der Waals surface area contributed by atoms with Crippen molar-refractivity contribution in [2.75, 3.05) is 26.9 Å². The molecule has 2 heterocycles. The van der Waals surface area contributed by atoms with E-state index in [1.165, 1.54) is 31.4 Å². The lowest BCUT2D eigenvalue weighted by molar-refractivity contribution is -0.383. The molecule has 36 heavy (non-hydrogen) atoms. The van der Waals surface area contributed by atoms with Gasteiger partial charge in [0.15, 0.2) is 17.8 Å². The summed E-state index contributed by atoms with van der Waals surface area (Å²) in [6.45, 7) is -2.36. The van der Waals surface area contributed by atoms with Crippen molar-refractivity contribution in [2.24, 2.45) is 0 Å². The van der Waals surface area contributed by atoms with Crippen molar-refractivity contribution in [3.8, 4) is 11.5 Å². The van der Waals surface area contributed by atoms with Gasteiger partial charge in [-0.25, -0.2) is 4.79 Å². The maximum absolute atomic E-state index is 12.1. The van der Waals surface area contributed by atoms with E-state index in [2.05, 4.69) is 0 Å². The number of aromatic hydroxyl groups is 1. The average Bonchev–Trinajstić information content (AvgIpc) is 3.12. The summed E-state index contributed by atoms with van der Waals surface area (Å²) in [4.78, 5) is 12.1. The van der Waals surface area contributed by atoms with E-state index >= 15 is 0 Å². The van der Waals surface area contributed by atoms with Crippen molar-refractivity contribution in [3.63, 3.8) is 0 Å². The second-order valence-electron chi connectivity index (χ2n) is 8.27. The van der Waals surface area contributed by atoms with E-state index in [9.17, 15) is 45.6 Å². The van der Waals surface area contributed by atoms with Gasteiger partial charge >= 0.3 is 5.97 Å². The zero-order valence-corrected chi connectivity index (χ0v) is 19.2. The molecule has 1 aromatic carbocycles. The van der Waals surface area contributed by atoms with E-state index in [0.29, 0.717) is 5.56 Å². The van der Waals surface area contributed by atoms with Crippen molar-refractivity contribution < 1.29 is 69.3 Å². The molecule has 0 radical (unpaired) electrons. The molecule has 2 aliphatic heterocycles. The molecule has 0 saturated carbocycles. The van der Waals surface area contributed by atoms with Gasteiger partial charge in [-0.3, -0.25) is 0 Å². The number of hydrogen-bond donors (Lipinski definition) is 8. The first-order valence-corrected chi connectivity index (χ1v) is 10.9. The van der Waals surface area contributed by atoms with E-state index in [1.807, 2.05) is 0 Å². The highest BCUT2D eigenvalue weighted by molar-refractivity contribution is 5.87. The molecule has 14 heteroatoms. The minimum atomic E-state index is -2.36. The predicted octanol–water partition coefficient (Wildman–Crippen LogP) is -3.42. The molecule has 8 N–H and O–H groups in total. The fourth-order valence-corrected chi connectivity index (χ4v) is 3.79. The molecule has 2 fully saturated rings. The van der Waals surface area contributed by atoms with Crippen LogP contribution in [0, 0.1) is 0 Å². The zero-order chi connectivity index (χ0) is 26.6. The van der Waals surface area contributed by atoms with Gasteiger partial charge in [-0.1, -0.05) is 6.07 Å². The monoisotopic (exact) mass is 518 g/mol. The number of aliphatic hydroxyl groups is 7. The molecular weight excluding hydrogens is 488 g/mol. The molecule has 0 amide bonds. The molecule has 9 atom stereocenters. The number of carbonyl (C=O) groups is 1. The quantitative estimate of drug-likeness (QED) is 0.118. The molecular formula is C22H30O14. The van der Waals surface area contributed by atoms with Gasteiger partial charge < -0.3 is 64.5 Å². The number of rotatable bonds is 9. The Balaban J connectivity index is 1.63. The highest BCUT2D eigenvalue weighted by atomic mass is 16.8. The third-order valence-corrected chi connectivity index (χ3v) is 5.90. The van der Waals surface area contributed by atoms with Gasteiger partial charge in [0, 0.05) is 6.08 Å². The maximum atomic E-state index is 12.1. The summed E-state index contributed by atoms with van der Waals surface area (Å²) in [5.41, 5.74) is 0.515. The minimum Gasteiger partial charge on any atom is -0.504 e. The zero-order valence-electron chi connectivity index (χ0n) is 19.2. The number of phenolic OH excluding ortho intramolecular Hbond substituents is 1. The number of ether oxygens (including phenoxy) is 5. The average molecular weight is 518 g/mol. The Morgan fingerprint density at radius 2 is 1.78 bits per heavy atom. The van der Waals surface area contributed by atoms with E-state index in [4.69, 9.17) is 23.7 Å². The summed E-state index contributed by atoms with van der Waals surface area (Å²) in [5.74, 6) is -3.09. The third-order valence-electron chi connectivity index (χ3n) is 5.90. The van der Waals surface area contributed by atoms with Crippen LogP contribution >= 0.6 is 0 Å². The molecule has 0 aromatic heterocycles. The van der Waals surface area contributed by atoms with Gasteiger partial charge in [0.2, 0.25) is 5.79 Å². The fourth-order valence-electron chi connectivity index (χ4n) is 3.79. The lowest BCUT2D eigenvalue weighted by atomic mass is 9.99. The molecule has 14 nitrogen and oxygen atoms in total. The molecule has 1 aromatic rings. The summed E-state index contributed by atoms with van der Waals surface area (Å²) in [6.07, 6.45) is -11.0. The van der Waals surface area contributed by atoms with E-state index in [0.717, 1.165) is 6.08 Å². The van der Waals surface area contributed by atoms with Crippen LogP contribution < -0.4 is 4.74 Å². The van der Waals surface area contributed by atoms with Crippen molar-refractivity contribution in [1.82, 2.24) is 0 Å². The third kappa shape index (κ3) is 5.78. The number of carbonyl (C=O) groups excluding carboxylic acids is 1. The molecule has 0 aliphatic carbocycles. The van der Waals surface area contributed by atoms with E-state index in [-0.39, 0.29) is 11.5 Å². The van der Waals surface area contributed by atoms with Crippen LogP contribution in [-0.2, 0) is 23.7 Å². The lowest BCUT2D eigenvalue weighted by Crippen LogP contribution is -2.62. The Hall–Kier alpha value is -2.37. The number of methoxy groups -OCH3 is 1. The highest BCUT2D eigenvalue weighted by Gasteiger charge is 2.58. The minimum absolute atomic E-state index is 0.0820. The topological polar surface area (TPSA) is 225 Å². The first-order chi connectivity index (χ1) is 17.1. The molecule has 0 unspecified atom stereocenters. The standard InChI is InChI=1S/C22H30O14/c1-32-12-6-10(2-4-11(12)25)3-5-15(26)33-8-14-17(28)20(31)22(9-24,35-14)36-21-19(30)18(29)16(27)13(7-23)34-21/h2-6,13-14,16-21,23-25,27-31H,7-9H2,1H3/t13-,14-,16+,17+,18+,19+,20-,21-,22+/m0/s1. The van der Waals surface area contributed by atoms with Crippen LogP contribution in [0.5, 0.6) is 11.5 Å². The Labute approximate surface area is 205 Å². The SMILES string of the molecule is COc1cc(C=CC(=O)OC[C@@H]2O[C@](CO)(O[C@@H]3O[C@@H](CO)[C@@H](O)[C@@H](O)[C@H]3O)[C@@H](O)[C@@H]2O)ccc1O. The molecule has 202 valence electrons. The number of aliphatic hydroxyl groups excluding tert-OH is 7. The smallest absolute Gasteiger partial charge is 0.330 e. The van der Waals surface area contributed by atoms with E-state index < -0.39 is 80.6 Å². The number of esters is 1. The second kappa shape index (κ2) is 11.8. The summed E-state index contributed by atoms with van der Waals surface area (Å²) in [7, 11) is 1.37. The van der Waals surface area contributed by atoms with Crippen molar-refractivity contribution >= 4 is 12.0 Å². The normalized spacial score (nSPS) is 36.8. The Morgan fingerprint density at radius 1 is 1.06 bits per heavy atom. The lowest BCUT2D eigenvalue weighted by Gasteiger charge is -2.43. The fraction of sp³-hybridized carbons (Fsp3) is 0.591. The Morgan fingerprint density at radius 3 is 2.42 bits per heavy atom. The van der Waals surface area contributed by atoms with Crippen molar-refractivity contribution in [3.05, 3.63) is 29.8 Å². The van der Waals surface area contributed by atoms with Gasteiger partial charge in [0.05, 0.1) is 13.7 Å². The van der Waals surface area contributed by atoms with Crippen LogP contribution in [0.25, 0.3) is 6.08 Å². The van der Waals surface area contributed by atoms with Gasteiger partial charge in [-0.05, 0) is 23.8 Å². The molecule has 0 bridgehead atoms. The van der Waals surface area contributed by atoms with Crippen LogP contribution in [0.4, 0.5) is 0 Å². The van der Waals surface area contributed by atoms with Gasteiger partial charge in [0.25, 0.3) is 0 Å². The van der Waals surface area contributed by atoms with Crippen LogP contribution in [0.3, 0.4) is 0 Å².